The average Bonchev–Trinajstić information content (AvgIpc) is 2.53. The van der Waals surface area contributed by atoms with E-state index in [1.165, 1.54) is 57.8 Å². The molecule has 0 nitrogen and oxygen atoms in total. The summed E-state index contributed by atoms with van der Waals surface area (Å²) < 4.78 is 0. The monoisotopic (exact) mass is 488 g/mol. The molecule has 26 heavy (non-hydrogen) atoms. The van der Waals surface area contributed by atoms with Crippen LogP contribution in [0.15, 0.2) is 0 Å². The first kappa shape index (κ1) is 21.7. The zero-order valence-electron chi connectivity index (χ0n) is 17.5. The minimum Gasteiger partial charge on any atom is -0.118 e. The lowest BCUT2D eigenvalue weighted by atomic mass is 9.99. The number of halogens is 1. The van der Waals surface area contributed by atoms with Crippen molar-refractivity contribution in [2.75, 3.05) is 0 Å². The van der Waals surface area contributed by atoms with Crippen LogP contribution in [0, 0.1) is 0 Å². The summed E-state index contributed by atoms with van der Waals surface area (Å²) in [5.41, 5.74) is 2.25. The van der Waals surface area contributed by atoms with Crippen LogP contribution in [0.3, 0.4) is 0 Å². The maximum atomic E-state index is 3.26. The third kappa shape index (κ3) is 5.97. The van der Waals surface area contributed by atoms with Crippen molar-refractivity contribution in [3.8, 4) is 0 Å². The number of rotatable bonds is 3. The van der Waals surface area contributed by atoms with E-state index in [1.807, 2.05) is 0 Å². The van der Waals surface area contributed by atoms with Crippen molar-refractivity contribution in [2.45, 2.75) is 151 Å². The molecule has 0 amide bonds. The van der Waals surface area contributed by atoms with E-state index in [1.54, 1.807) is 77.0 Å². The summed E-state index contributed by atoms with van der Waals surface area (Å²) in [6.07, 6.45) is 32.8. The molecule has 3 aliphatic rings. The average molecular weight is 489 g/mol. The van der Waals surface area contributed by atoms with Gasteiger partial charge in [-0.1, -0.05) is 135 Å². The second kappa shape index (κ2) is 11.8. The topological polar surface area (TPSA) is 0 Å². The lowest BCUT2D eigenvalue weighted by Gasteiger charge is -2.48. The van der Waals surface area contributed by atoms with E-state index in [0.29, 0.717) is 0 Å². The van der Waals surface area contributed by atoms with Gasteiger partial charge < -0.3 is 0 Å². The Hall–Kier alpha value is 0.947. The smallest absolute Gasteiger partial charge is 0.118 e. The Morgan fingerprint density at radius 3 is 0.769 bits per heavy atom. The molecule has 0 aromatic carbocycles. The van der Waals surface area contributed by atoms with Gasteiger partial charge in [0.05, 0.1) is 0 Å². The predicted octanol–water partition coefficient (Wildman–Crippen LogP) is 9.71. The highest BCUT2D eigenvalue weighted by atomic mass is 127. The van der Waals surface area contributed by atoms with Crippen LogP contribution in [0.25, 0.3) is 0 Å². The van der Waals surface area contributed by atoms with Gasteiger partial charge in [0, 0.05) is 0 Å². The third-order valence-corrected chi connectivity index (χ3v) is 21.6. The van der Waals surface area contributed by atoms with Crippen molar-refractivity contribution in [3.05, 3.63) is 0 Å². The van der Waals surface area contributed by atoms with Crippen LogP contribution in [0.4, 0.5) is 0 Å². The Morgan fingerprint density at radius 1 is 0.346 bits per heavy atom. The molecular formula is C24H45ISi. The molecule has 0 bridgehead atoms. The molecule has 0 spiro atoms. The molecule has 0 N–H and O–H groups in total. The molecule has 2 heteroatoms. The molecule has 0 atom stereocenters. The normalized spacial score (nSPS) is 27.6. The van der Waals surface area contributed by atoms with Gasteiger partial charge in [-0.2, -0.15) is 0 Å². The third-order valence-electron chi connectivity index (χ3n) is 8.19. The summed E-state index contributed by atoms with van der Waals surface area (Å²) in [4.78, 5) is 0. The fourth-order valence-electron chi connectivity index (χ4n) is 6.70. The van der Waals surface area contributed by atoms with Crippen molar-refractivity contribution < 1.29 is 0 Å². The SMILES string of the molecule is I[Si](C1CCCCCCC1)(C1CCCCCCC1)C1CCCCCCC1. The molecule has 0 aromatic heterocycles. The van der Waals surface area contributed by atoms with Gasteiger partial charge in [-0.25, -0.2) is 0 Å². The largest absolute Gasteiger partial charge is 0.134 e. The second-order valence-electron chi connectivity index (χ2n) is 9.95. The van der Waals surface area contributed by atoms with Crippen molar-refractivity contribution >= 4 is 27.4 Å². The Morgan fingerprint density at radius 2 is 0.538 bits per heavy atom. The van der Waals surface area contributed by atoms with E-state index >= 15 is 0 Å². The van der Waals surface area contributed by atoms with E-state index in [4.69, 9.17) is 0 Å². The molecule has 3 aliphatic carbocycles. The second-order valence-corrected chi connectivity index (χ2v) is 19.7. The highest BCUT2D eigenvalue weighted by molar-refractivity contribution is 14.1. The summed E-state index contributed by atoms with van der Waals surface area (Å²) >= 11 is 3.26. The molecule has 0 heterocycles. The van der Waals surface area contributed by atoms with Gasteiger partial charge in [-0.15, -0.1) is 21.8 Å². The van der Waals surface area contributed by atoms with Crippen molar-refractivity contribution in [1.29, 1.82) is 0 Å². The standard InChI is InChI=1S/C24H45ISi/c25-26(22-16-10-4-1-5-11-17-22,23-18-12-6-2-7-13-19-23)24-20-14-8-3-9-15-21-24/h22-24H,1-21H2. The van der Waals surface area contributed by atoms with E-state index in [0.717, 1.165) is 16.6 Å². The van der Waals surface area contributed by atoms with E-state index in [-0.39, 0.29) is 0 Å². The molecule has 0 aliphatic heterocycles. The number of hydrogen-bond acceptors (Lipinski definition) is 0. The molecule has 3 saturated carbocycles. The van der Waals surface area contributed by atoms with Gasteiger partial charge in [-0.3, -0.25) is 0 Å². The van der Waals surface area contributed by atoms with Crippen LogP contribution in [0.1, 0.15) is 135 Å². The van der Waals surface area contributed by atoms with Crippen LogP contribution >= 0.6 is 21.8 Å². The Bertz CT molecular complexity index is 303. The molecular weight excluding hydrogens is 443 g/mol. The summed E-state index contributed by atoms with van der Waals surface area (Å²) in [5, 5.41) is 0. The van der Waals surface area contributed by atoms with Crippen molar-refractivity contribution in [1.82, 2.24) is 0 Å². The van der Waals surface area contributed by atoms with Crippen LogP contribution in [-0.4, -0.2) is 5.57 Å². The van der Waals surface area contributed by atoms with Gasteiger partial charge in [-0.05, 0) is 16.6 Å². The maximum Gasteiger partial charge on any atom is 0.134 e. The highest BCUT2D eigenvalue weighted by Crippen LogP contribution is 2.58. The Labute approximate surface area is 178 Å². The minimum atomic E-state index is -1.24. The van der Waals surface area contributed by atoms with Gasteiger partial charge in [0.15, 0.2) is 0 Å². The van der Waals surface area contributed by atoms with Crippen LogP contribution in [-0.2, 0) is 0 Å². The summed E-state index contributed by atoms with van der Waals surface area (Å²) in [6.45, 7) is 0. The van der Waals surface area contributed by atoms with Crippen LogP contribution in [0.5, 0.6) is 0 Å². The number of hydrogen-bond donors (Lipinski definition) is 0. The zero-order chi connectivity index (χ0) is 18.1. The van der Waals surface area contributed by atoms with E-state index in [2.05, 4.69) is 21.8 Å². The first-order valence-electron chi connectivity index (χ1n) is 12.5. The van der Waals surface area contributed by atoms with Gasteiger partial charge in [0.2, 0.25) is 0 Å². The lowest BCUT2D eigenvalue weighted by Crippen LogP contribution is -2.44. The van der Waals surface area contributed by atoms with Crippen molar-refractivity contribution in [3.63, 3.8) is 0 Å². The first-order chi connectivity index (χ1) is 12.8. The molecule has 0 aromatic rings. The molecule has 0 unspecified atom stereocenters. The predicted molar refractivity (Wildman–Crippen MR) is 128 cm³/mol. The lowest BCUT2D eigenvalue weighted by molar-refractivity contribution is 0.442. The molecule has 0 saturated heterocycles. The van der Waals surface area contributed by atoms with E-state index < -0.39 is 5.57 Å². The molecule has 3 rings (SSSR count). The minimum absolute atomic E-state index is 1.16. The van der Waals surface area contributed by atoms with Gasteiger partial charge >= 0.3 is 0 Å². The zero-order valence-corrected chi connectivity index (χ0v) is 20.6. The van der Waals surface area contributed by atoms with Crippen molar-refractivity contribution in [2.24, 2.45) is 0 Å². The fourth-order valence-corrected chi connectivity index (χ4v) is 18.2. The van der Waals surface area contributed by atoms with Crippen LogP contribution < -0.4 is 0 Å². The molecule has 152 valence electrons. The van der Waals surface area contributed by atoms with Gasteiger partial charge in [0.1, 0.15) is 5.57 Å². The quantitative estimate of drug-likeness (QED) is 0.211. The van der Waals surface area contributed by atoms with Gasteiger partial charge in [0.25, 0.3) is 0 Å². The first-order valence-corrected chi connectivity index (χ1v) is 17.9. The summed E-state index contributed by atoms with van der Waals surface area (Å²) in [6, 6.07) is 0. The molecule has 3 fully saturated rings. The summed E-state index contributed by atoms with van der Waals surface area (Å²) in [5.74, 6) is 0. The highest BCUT2D eigenvalue weighted by Gasteiger charge is 2.49. The fraction of sp³-hybridized carbons (Fsp3) is 1.00. The summed E-state index contributed by atoms with van der Waals surface area (Å²) in [7, 11) is 0. The maximum absolute atomic E-state index is 3.26. The Kier molecular flexibility index (Phi) is 9.85. The Balaban J connectivity index is 1.81. The molecule has 0 radical (unpaired) electrons. The van der Waals surface area contributed by atoms with Crippen LogP contribution in [0.2, 0.25) is 16.6 Å². The van der Waals surface area contributed by atoms with E-state index in [9.17, 15) is 0 Å².